The zero-order valence-electron chi connectivity index (χ0n) is 15.9. The van der Waals surface area contributed by atoms with Gasteiger partial charge >= 0.3 is 6.16 Å². The van der Waals surface area contributed by atoms with Gasteiger partial charge in [-0.3, -0.25) is 4.98 Å². The predicted molar refractivity (Wildman–Crippen MR) is 95.6 cm³/mol. The van der Waals surface area contributed by atoms with Gasteiger partial charge in [0.15, 0.2) is 0 Å². The molecule has 0 amide bonds. The molecule has 5 nitrogen and oxygen atoms in total. The molecule has 1 saturated carbocycles. The maximum atomic E-state index is 11.8. The number of pyridine rings is 1. The van der Waals surface area contributed by atoms with E-state index in [1.54, 1.807) is 0 Å². The Kier molecular flexibility index (Phi) is 6.41. The highest BCUT2D eigenvalue weighted by molar-refractivity contribution is 5.66. The minimum atomic E-state index is -0.696. The highest BCUT2D eigenvalue weighted by Gasteiger charge is 2.27. The Morgan fingerprint density at radius 2 is 1.92 bits per heavy atom. The fraction of sp³-hybridized carbons (Fsp3) is 0.650. The van der Waals surface area contributed by atoms with Crippen molar-refractivity contribution in [1.82, 2.24) is 4.98 Å². The minimum Gasteiger partial charge on any atom is -0.437 e. The van der Waals surface area contributed by atoms with E-state index in [-0.39, 0.29) is 11.8 Å². The van der Waals surface area contributed by atoms with Crippen molar-refractivity contribution >= 4 is 6.16 Å². The molecule has 1 heterocycles. The summed E-state index contributed by atoms with van der Waals surface area (Å²) in [6, 6.07) is 2.38. The van der Waals surface area contributed by atoms with Crippen LogP contribution in [0, 0.1) is 37.0 Å². The first-order valence-corrected chi connectivity index (χ1v) is 9.02. The van der Waals surface area contributed by atoms with Crippen LogP contribution >= 0.6 is 0 Å². The van der Waals surface area contributed by atoms with Gasteiger partial charge in [-0.1, -0.05) is 13.8 Å². The van der Waals surface area contributed by atoms with E-state index >= 15 is 0 Å². The van der Waals surface area contributed by atoms with Gasteiger partial charge in [0.1, 0.15) is 5.75 Å². The lowest BCUT2D eigenvalue weighted by molar-refractivity contribution is 0.120. The molecule has 0 unspecified atom stereocenters. The summed E-state index contributed by atoms with van der Waals surface area (Å²) >= 11 is 0. The van der Waals surface area contributed by atoms with Crippen LogP contribution in [0.15, 0.2) is 0 Å². The van der Waals surface area contributed by atoms with Crippen molar-refractivity contribution in [3.05, 3.63) is 22.5 Å². The molecule has 1 aliphatic carbocycles. The lowest BCUT2D eigenvalue weighted by Crippen LogP contribution is -2.19. The first kappa shape index (κ1) is 19.2. The van der Waals surface area contributed by atoms with Crippen molar-refractivity contribution in [2.75, 3.05) is 7.11 Å². The number of carbonyl (C=O) groups excluding carboxylic acids is 1. The summed E-state index contributed by atoms with van der Waals surface area (Å²) < 4.78 is 10.2. The van der Waals surface area contributed by atoms with E-state index in [0.29, 0.717) is 11.7 Å². The molecule has 0 N–H and O–H groups in total. The minimum absolute atomic E-state index is 0.185. The van der Waals surface area contributed by atoms with E-state index in [9.17, 15) is 4.79 Å². The van der Waals surface area contributed by atoms with Crippen LogP contribution in [0.5, 0.6) is 5.75 Å². The van der Waals surface area contributed by atoms with Gasteiger partial charge in [0.2, 0.25) is 0 Å². The molecule has 0 aromatic carbocycles. The van der Waals surface area contributed by atoms with Crippen LogP contribution in [0.4, 0.5) is 4.79 Å². The standard InChI is InChI=1S/C20H28N2O3/c1-12(2)18-17(10-15-6-8-16(11-21)9-7-15)19(25-20(23)24-5)13(3)14(4)22-18/h12,15-16H,6-10H2,1-5H3. The molecule has 1 aromatic heterocycles. The molecule has 0 atom stereocenters. The third kappa shape index (κ3) is 4.50. The van der Waals surface area contributed by atoms with Crippen LogP contribution in [0.25, 0.3) is 0 Å². The molecule has 0 bridgehead atoms. The van der Waals surface area contributed by atoms with Crippen LogP contribution in [0.1, 0.15) is 68.0 Å². The highest BCUT2D eigenvalue weighted by Crippen LogP contribution is 2.37. The van der Waals surface area contributed by atoms with Crippen LogP contribution in [0.2, 0.25) is 0 Å². The van der Waals surface area contributed by atoms with Crippen LogP contribution in [-0.2, 0) is 11.2 Å². The second kappa shape index (κ2) is 8.33. The molecule has 0 spiro atoms. The van der Waals surface area contributed by atoms with Gasteiger partial charge in [-0.25, -0.2) is 4.79 Å². The fourth-order valence-electron chi connectivity index (χ4n) is 3.56. The number of aryl methyl sites for hydroxylation is 1. The van der Waals surface area contributed by atoms with Crippen molar-refractivity contribution < 1.29 is 14.3 Å². The number of nitrogens with zero attached hydrogens (tertiary/aromatic N) is 2. The number of aromatic nitrogens is 1. The van der Waals surface area contributed by atoms with Gasteiger partial charge in [-0.05, 0) is 57.8 Å². The number of nitriles is 1. The Morgan fingerprint density at radius 1 is 1.28 bits per heavy atom. The monoisotopic (exact) mass is 344 g/mol. The molecular weight excluding hydrogens is 316 g/mol. The van der Waals surface area contributed by atoms with Crippen molar-refractivity contribution in [3.63, 3.8) is 0 Å². The summed E-state index contributed by atoms with van der Waals surface area (Å²) in [6.45, 7) is 8.08. The van der Waals surface area contributed by atoms with Gasteiger partial charge in [0.05, 0.1) is 18.9 Å². The number of rotatable bonds is 4. The Morgan fingerprint density at radius 3 is 2.44 bits per heavy atom. The van der Waals surface area contributed by atoms with Gasteiger partial charge in [0, 0.05) is 22.7 Å². The van der Waals surface area contributed by atoms with E-state index < -0.39 is 6.16 Å². The molecule has 0 aliphatic heterocycles. The normalized spacial score (nSPS) is 20.2. The third-order valence-corrected chi connectivity index (χ3v) is 5.18. The summed E-state index contributed by atoms with van der Waals surface area (Å²) in [6.07, 6.45) is 4.08. The third-order valence-electron chi connectivity index (χ3n) is 5.18. The quantitative estimate of drug-likeness (QED) is 0.731. The number of hydrogen-bond donors (Lipinski definition) is 0. The SMILES string of the molecule is COC(=O)Oc1c(C)c(C)nc(C(C)C)c1CC1CCC(C#N)CC1. The number of carbonyl (C=O) groups is 1. The van der Waals surface area contributed by atoms with Crippen molar-refractivity contribution in [1.29, 1.82) is 5.26 Å². The van der Waals surface area contributed by atoms with Crippen LogP contribution in [0.3, 0.4) is 0 Å². The maximum absolute atomic E-state index is 11.8. The van der Waals surface area contributed by atoms with Crippen molar-refractivity contribution in [3.8, 4) is 11.8 Å². The fourth-order valence-corrected chi connectivity index (χ4v) is 3.56. The summed E-state index contributed by atoms with van der Waals surface area (Å²) in [4.78, 5) is 16.5. The maximum Gasteiger partial charge on any atom is 0.513 e. The van der Waals surface area contributed by atoms with Gasteiger partial charge in [-0.15, -0.1) is 0 Å². The topological polar surface area (TPSA) is 72.2 Å². The summed E-state index contributed by atoms with van der Waals surface area (Å²) in [5.41, 5.74) is 3.77. The largest absolute Gasteiger partial charge is 0.513 e. The molecule has 1 aromatic rings. The Hall–Kier alpha value is -2.09. The molecule has 136 valence electrons. The molecule has 0 radical (unpaired) electrons. The van der Waals surface area contributed by atoms with Gasteiger partial charge in [0.25, 0.3) is 0 Å². The van der Waals surface area contributed by atoms with Gasteiger partial charge in [-0.2, -0.15) is 5.26 Å². The Balaban J connectivity index is 2.37. The summed E-state index contributed by atoms with van der Waals surface area (Å²) in [5, 5.41) is 9.09. The number of ether oxygens (including phenoxy) is 2. The molecular formula is C20H28N2O3. The second-order valence-corrected chi connectivity index (χ2v) is 7.28. The van der Waals surface area contributed by atoms with E-state index in [1.165, 1.54) is 7.11 Å². The van der Waals surface area contributed by atoms with Crippen molar-refractivity contribution in [2.24, 2.45) is 11.8 Å². The van der Waals surface area contributed by atoms with E-state index in [1.807, 2.05) is 13.8 Å². The average Bonchev–Trinajstić information content (AvgIpc) is 2.61. The number of methoxy groups -OCH3 is 1. The van der Waals surface area contributed by atoms with Crippen LogP contribution in [-0.4, -0.2) is 18.2 Å². The molecule has 1 aliphatic rings. The molecule has 1 fully saturated rings. The Bertz CT molecular complexity index is 668. The zero-order chi connectivity index (χ0) is 18.6. The Labute approximate surface area is 150 Å². The second-order valence-electron chi connectivity index (χ2n) is 7.28. The van der Waals surface area contributed by atoms with E-state index in [4.69, 9.17) is 19.7 Å². The molecule has 0 saturated heterocycles. The first-order valence-electron chi connectivity index (χ1n) is 9.02. The first-order chi connectivity index (χ1) is 11.9. The molecule has 5 heteroatoms. The van der Waals surface area contributed by atoms with Gasteiger partial charge < -0.3 is 9.47 Å². The van der Waals surface area contributed by atoms with Crippen molar-refractivity contribution in [2.45, 2.75) is 65.7 Å². The lowest BCUT2D eigenvalue weighted by atomic mass is 9.79. The summed E-state index contributed by atoms with van der Waals surface area (Å²) in [5.74, 6) is 1.52. The van der Waals surface area contributed by atoms with E-state index in [0.717, 1.165) is 54.6 Å². The highest BCUT2D eigenvalue weighted by atomic mass is 16.7. The average molecular weight is 344 g/mol. The molecule has 2 rings (SSSR count). The zero-order valence-corrected chi connectivity index (χ0v) is 15.9. The lowest BCUT2D eigenvalue weighted by Gasteiger charge is -2.27. The molecule has 25 heavy (non-hydrogen) atoms. The summed E-state index contributed by atoms with van der Waals surface area (Å²) in [7, 11) is 1.32. The van der Waals surface area contributed by atoms with Crippen LogP contribution < -0.4 is 4.74 Å². The predicted octanol–water partition coefficient (Wildman–Crippen LogP) is 4.84. The van der Waals surface area contributed by atoms with E-state index in [2.05, 4.69) is 19.9 Å². The number of hydrogen-bond acceptors (Lipinski definition) is 5. The smallest absolute Gasteiger partial charge is 0.437 e.